The van der Waals surface area contributed by atoms with E-state index in [-0.39, 0.29) is 11.6 Å². The summed E-state index contributed by atoms with van der Waals surface area (Å²) in [5.41, 5.74) is 1.70. The molecule has 8 nitrogen and oxygen atoms in total. The highest BCUT2D eigenvalue weighted by atomic mass is 16.5. The van der Waals surface area contributed by atoms with Gasteiger partial charge in [0.05, 0.1) is 18.5 Å². The van der Waals surface area contributed by atoms with E-state index >= 15 is 0 Å². The van der Waals surface area contributed by atoms with Crippen LogP contribution in [-0.2, 0) is 4.79 Å². The molecule has 8 heteroatoms. The first-order chi connectivity index (χ1) is 15.0. The molecule has 3 aromatic rings. The molecule has 0 atom stereocenters. The number of anilines is 2. The molecule has 1 N–H and O–H groups in total. The molecular formula is C23H22N4O4. The average molecular weight is 418 g/mol. The minimum atomic E-state index is -0.626. The van der Waals surface area contributed by atoms with E-state index in [1.807, 2.05) is 30.3 Å². The highest BCUT2D eigenvalue weighted by Crippen LogP contribution is 2.34. The van der Waals surface area contributed by atoms with Crippen LogP contribution in [0, 0.1) is 6.92 Å². The Hall–Kier alpha value is -3.94. The van der Waals surface area contributed by atoms with Crippen molar-refractivity contribution < 1.29 is 14.3 Å². The van der Waals surface area contributed by atoms with Gasteiger partial charge in [0.1, 0.15) is 5.75 Å². The van der Waals surface area contributed by atoms with Crippen LogP contribution in [0.15, 0.2) is 59.4 Å². The molecule has 158 valence electrons. The number of para-hydroxylation sites is 1. The van der Waals surface area contributed by atoms with Crippen molar-refractivity contribution in [1.29, 1.82) is 0 Å². The molecule has 0 unspecified atom stereocenters. The first kappa shape index (κ1) is 20.3. The molecule has 0 spiro atoms. The Morgan fingerprint density at radius 1 is 1.10 bits per heavy atom. The van der Waals surface area contributed by atoms with Crippen LogP contribution in [0.3, 0.4) is 0 Å². The Morgan fingerprint density at radius 3 is 2.55 bits per heavy atom. The summed E-state index contributed by atoms with van der Waals surface area (Å²) in [7, 11) is 1.53. The van der Waals surface area contributed by atoms with Crippen LogP contribution < -0.4 is 20.4 Å². The maximum absolute atomic E-state index is 12.9. The Kier molecular flexibility index (Phi) is 5.53. The first-order valence-electron chi connectivity index (χ1n) is 9.94. The average Bonchev–Trinajstić information content (AvgIpc) is 3.20. The lowest BCUT2D eigenvalue weighted by Gasteiger charge is -2.20. The zero-order valence-electron chi connectivity index (χ0n) is 17.3. The molecule has 31 heavy (non-hydrogen) atoms. The van der Waals surface area contributed by atoms with Crippen molar-refractivity contribution in [2.24, 2.45) is 0 Å². The van der Waals surface area contributed by atoms with Gasteiger partial charge >= 0.3 is 0 Å². The van der Waals surface area contributed by atoms with Gasteiger partial charge in [-0.3, -0.25) is 14.4 Å². The Bertz CT molecular complexity index is 1200. The van der Waals surface area contributed by atoms with Gasteiger partial charge in [-0.05, 0) is 43.7 Å². The van der Waals surface area contributed by atoms with Crippen molar-refractivity contribution in [3.05, 3.63) is 76.2 Å². The minimum absolute atomic E-state index is 0.00715. The van der Waals surface area contributed by atoms with Crippen molar-refractivity contribution in [2.75, 3.05) is 23.9 Å². The number of aromatic nitrogens is 2. The third kappa shape index (κ3) is 4.05. The molecule has 2 heterocycles. The van der Waals surface area contributed by atoms with Gasteiger partial charge in [0.15, 0.2) is 5.69 Å². The fourth-order valence-electron chi connectivity index (χ4n) is 3.61. The van der Waals surface area contributed by atoms with E-state index in [2.05, 4.69) is 10.4 Å². The molecule has 1 aromatic heterocycles. The summed E-state index contributed by atoms with van der Waals surface area (Å²) in [6.45, 7) is 2.35. The van der Waals surface area contributed by atoms with Crippen LogP contribution in [0.5, 0.6) is 5.75 Å². The molecule has 1 aliphatic rings. The van der Waals surface area contributed by atoms with E-state index in [0.717, 1.165) is 12.1 Å². The predicted octanol–water partition coefficient (Wildman–Crippen LogP) is 2.93. The second-order valence-electron chi connectivity index (χ2n) is 7.24. The van der Waals surface area contributed by atoms with E-state index in [0.29, 0.717) is 35.8 Å². The van der Waals surface area contributed by atoms with E-state index < -0.39 is 11.3 Å². The number of hydrogen-bond donors (Lipinski definition) is 1. The molecule has 1 fully saturated rings. The van der Waals surface area contributed by atoms with E-state index in [1.165, 1.54) is 13.2 Å². The van der Waals surface area contributed by atoms with Gasteiger partial charge in [-0.25, -0.2) is 4.68 Å². The standard InChI is InChI=1S/C23H22N4O4/c1-15-13-19(28)22(25-27(15)17-7-4-3-5-8-17)23(30)24-16-10-11-20(31-2)18(14-16)26-12-6-9-21(26)29/h3-5,7-8,10-11,13-14H,6,9,12H2,1-2H3,(H,24,30). The smallest absolute Gasteiger partial charge is 0.280 e. The molecule has 0 radical (unpaired) electrons. The maximum atomic E-state index is 12.9. The van der Waals surface area contributed by atoms with E-state index in [9.17, 15) is 14.4 Å². The number of aryl methyl sites for hydroxylation is 1. The molecule has 1 saturated heterocycles. The monoisotopic (exact) mass is 418 g/mol. The van der Waals surface area contributed by atoms with Crippen molar-refractivity contribution in [3.63, 3.8) is 0 Å². The van der Waals surface area contributed by atoms with Gasteiger partial charge in [-0.1, -0.05) is 18.2 Å². The second-order valence-corrected chi connectivity index (χ2v) is 7.24. The zero-order valence-corrected chi connectivity index (χ0v) is 17.3. The zero-order chi connectivity index (χ0) is 22.0. The summed E-state index contributed by atoms with van der Waals surface area (Å²) in [6.07, 6.45) is 1.25. The third-order valence-corrected chi connectivity index (χ3v) is 5.12. The SMILES string of the molecule is COc1ccc(NC(=O)c2nn(-c3ccccc3)c(C)cc2=O)cc1N1CCCC1=O. The minimum Gasteiger partial charge on any atom is -0.495 e. The Balaban J connectivity index is 1.66. The largest absolute Gasteiger partial charge is 0.495 e. The summed E-state index contributed by atoms with van der Waals surface area (Å²) in [5.74, 6) is -0.0839. The number of nitrogens with one attached hydrogen (secondary N) is 1. The summed E-state index contributed by atoms with van der Waals surface area (Å²) in [4.78, 5) is 39.2. The fourth-order valence-corrected chi connectivity index (χ4v) is 3.61. The molecule has 0 bridgehead atoms. The lowest BCUT2D eigenvalue weighted by molar-refractivity contribution is -0.117. The summed E-state index contributed by atoms with van der Waals surface area (Å²) in [5, 5.41) is 7.01. The summed E-state index contributed by atoms with van der Waals surface area (Å²) >= 11 is 0. The van der Waals surface area contributed by atoms with Gasteiger partial charge in [-0.2, -0.15) is 5.10 Å². The van der Waals surface area contributed by atoms with Crippen LogP contribution in [-0.4, -0.2) is 35.2 Å². The van der Waals surface area contributed by atoms with Crippen LogP contribution in [0.2, 0.25) is 0 Å². The second kappa shape index (κ2) is 8.43. The normalized spacial score (nSPS) is 13.4. The number of nitrogens with zero attached hydrogens (tertiary/aromatic N) is 3. The van der Waals surface area contributed by atoms with Crippen LogP contribution >= 0.6 is 0 Å². The number of amides is 2. The van der Waals surface area contributed by atoms with Crippen molar-refractivity contribution in [2.45, 2.75) is 19.8 Å². The molecule has 0 saturated carbocycles. The van der Waals surface area contributed by atoms with Gasteiger partial charge in [-0.15, -0.1) is 0 Å². The Morgan fingerprint density at radius 2 is 1.87 bits per heavy atom. The van der Waals surface area contributed by atoms with Crippen LogP contribution in [0.4, 0.5) is 11.4 Å². The lowest BCUT2D eigenvalue weighted by Crippen LogP contribution is -2.27. The van der Waals surface area contributed by atoms with Crippen molar-refractivity contribution in [1.82, 2.24) is 9.78 Å². The van der Waals surface area contributed by atoms with Crippen molar-refractivity contribution in [3.8, 4) is 11.4 Å². The molecule has 0 aliphatic carbocycles. The van der Waals surface area contributed by atoms with Gasteiger partial charge in [0.2, 0.25) is 11.3 Å². The highest BCUT2D eigenvalue weighted by Gasteiger charge is 2.25. The summed E-state index contributed by atoms with van der Waals surface area (Å²) in [6, 6.07) is 15.7. The number of methoxy groups -OCH3 is 1. The van der Waals surface area contributed by atoms with Crippen molar-refractivity contribution >= 4 is 23.2 Å². The topological polar surface area (TPSA) is 93.5 Å². The maximum Gasteiger partial charge on any atom is 0.280 e. The van der Waals surface area contributed by atoms with E-state index in [1.54, 1.807) is 34.7 Å². The number of benzene rings is 2. The molecule has 2 aromatic carbocycles. The number of carbonyl (C=O) groups is 2. The molecule has 1 aliphatic heterocycles. The van der Waals surface area contributed by atoms with Gasteiger partial charge in [0, 0.05) is 30.4 Å². The molecule has 4 rings (SSSR count). The number of carbonyl (C=O) groups excluding carboxylic acids is 2. The summed E-state index contributed by atoms with van der Waals surface area (Å²) < 4.78 is 6.93. The highest BCUT2D eigenvalue weighted by molar-refractivity contribution is 6.04. The fraction of sp³-hybridized carbons (Fsp3) is 0.217. The number of rotatable bonds is 5. The Labute approximate surface area is 179 Å². The molecule has 2 amide bonds. The first-order valence-corrected chi connectivity index (χ1v) is 9.94. The van der Waals surface area contributed by atoms with Crippen LogP contribution in [0.25, 0.3) is 5.69 Å². The van der Waals surface area contributed by atoms with Gasteiger partial charge < -0.3 is 15.0 Å². The number of ether oxygens (including phenoxy) is 1. The quantitative estimate of drug-likeness (QED) is 0.688. The lowest BCUT2D eigenvalue weighted by atomic mass is 10.2. The predicted molar refractivity (Wildman–Crippen MR) is 117 cm³/mol. The molecular weight excluding hydrogens is 396 g/mol. The number of hydrogen-bond acceptors (Lipinski definition) is 5. The third-order valence-electron chi connectivity index (χ3n) is 5.12. The van der Waals surface area contributed by atoms with E-state index in [4.69, 9.17) is 4.74 Å². The van der Waals surface area contributed by atoms with Gasteiger partial charge in [0.25, 0.3) is 5.91 Å². The van der Waals surface area contributed by atoms with Crippen LogP contribution in [0.1, 0.15) is 29.0 Å².